The van der Waals surface area contributed by atoms with Crippen LogP contribution in [0, 0.1) is 6.92 Å². The number of rotatable bonds is 1. The second-order valence-electron chi connectivity index (χ2n) is 4.01. The molecule has 0 aliphatic heterocycles. The molecule has 90 valence electrons. The van der Waals surface area contributed by atoms with Gasteiger partial charge >= 0.3 is 0 Å². The Kier molecular flexibility index (Phi) is 2.91. The predicted molar refractivity (Wildman–Crippen MR) is 71.2 cm³/mol. The van der Waals surface area contributed by atoms with Crippen LogP contribution in [0.5, 0.6) is 5.75 Å². The van der Waals surface area contributed by atoms with Gasteiger partial charge in [0.2, 0.25) is 0 Å². The number of hydrogen-bond acceptors (Lipinski definition) is 3. The summed E-state index contributed by atoms with van der Waals surface area (Å²) in [5, 5.41) is 11.3. The van der Waals surface area contributed by atoms with Gasteiger partial charge in [0.1, 0.15) is 5.75 Å². The summed E-state index contributed by atoms with van der Waals surface area (Å²) < 4.78 is 23.5. The number of phenolic OH excluding ortho intramolecular Hbond substituents is 1. The summed E-state index contributed by atoms with van der Waals surface area (Å²) in [6.07, 6.45) is 1.17. The molecule has 0 aromatic heterocycles. The van der Waals surface area contributed by atoms with Crippen LogP contribution in [0.2, 0.25) is 0 Å². The second-order valence-corrected chi connectivity index (χ2v) is 6.82. The molecule has 0 heterocycles. The Morgan fingerprint density at radius 2 is 1.88 bits per heavy atom. The van der Waals surface area contributed by atoms with Crippen LogP contribution in [-0.4, -0.2) is 19.8 Å². The van der Waals surface area contributed by atoms with Gasteiger partial charge in [-0.25, -0.2) is 8.42 Å². The van der Waals surface area contributed by atoms with Crippen molar-refractivity contribution in [1.29, 1.82) is 0 Å². The van der Waals surface area contributed by atoms with Crippen LogP contribution in [0.3, 0.4) is 0 Å². The Morgan fingerprint density at radius 3 is 2.47 bits per heavy atom. The fraction of sp³-hybridized carbons (Fsp3) is 0.167. The first-order valence-corrected chi connectivity index (χ1v) is 7.61. The van der Waals surface area contributed by atoms with Crippen LogP contribution in [0.4, 0.5) is 0 Å². The quantitative estimate of drug-likeness (QED) is 0.880. The number of hydrogen-bond donors (Lipinski definition) is 1. The van der Waals surface area contributed by atoms with Crippen molar-refractivity contribution in [2.45, 2.75) is 11.8 Å². The Morgan fingerprint density at radius 1 is 1.24 bits per heavy atom. The molecule has 5 heteroatoms. The first-order valence-electron chi connectivity index (χ1n) is 4.92. The summed E-state index contributed by atoms with van der Waals surface area (Å²) in [4.78, 5) is 0.256. The van der Waals surface area contributed by atoms with Crippen molar-refractivity contribution in [2.75, 3.05) is 6.26 Å². The van der Waals surface area contributed by atoms with Crippen molar-refractivity contribution in [3.8, 4) is 5.75 Å². The van der Waals surface area contributed by atoms with E-state index in [1.54, 1.807) is 12.1 Å². The maximum Gasteiger partial charge on any atom is 0.175 e. The standard InChI is InChI=1S/C12H11BrO3S/c1-7-5-8-6-9(17(2,15)16)3-4-10(8)12(14)11(7)13/h3-6,14H,1-2H3. The van der Waals surface area contributed by atoms with Gasteiger partial charge in [-0.3, -0.25) is 0 Å². The van der Waals surface area contributed by atoms with Crippen LogP contribution < -0.4 is 0 Å². The molecule has 0 atom stereocenters. The Labute approximate surface area is 108 Å². The molecule has 17 heavy (non-hydrogen) atoms. The molecular formula is C12H11BrO3S. The van der Waals surface area contributed by atoms with E-state index in [4.69, 9.17) is 0 Å². The van der Waals surface area contributed by atoms with E-state index in [0.717, 1.165) is 5.56 Å². The van der Waals surface area contributed by atoms with Gasteiger partial charge in [-0.1, -0.05) is 0 Å². The SMILES string of the molecule is Cc1cc2cc(S(C)(=O)=O)ccc2c(O)c1Br. The van der Waals surface area contributed by atoms with Crippen LogP contribution in [0.1, 0.15) is 5.56 Å². The first-order chi connectivity index (χ1) is 7.80. The molecule has 2 aromatic rings. The predicted octanol–water partition coefficient (Wildman–Crippen LogP) is 3.02. The lowest BCUT2D eigenvalue weighted by Crippen LogP contribution is -1.96. The normalized spacial score (nSPS) is 11.9. The molecule has 0 fully saturated rings. The lowest BCUT2D eigenvalue weighted by atomic mass is 10.1. The molecule has 0 radical (unpaired) electrons. The number of aryl methyl sites for hydroxylation is 1. The zero-order chi connectivity index (χ0) is 12.8. The zero-order valence-corrected chi connectivity index (χ0v) is 11.8. The molecule has 1 N–H and O–H groups in total. The summed E-state index contributed by atoms with van der Waals surface area (Å²) in [6.45, 7) is 1.84. The lowest BCUT2D eigenvalue weighted by Gasteiger charge is -2.08. The third kappa shape index (κ3) is 2.17. The van der Waals surface area contributed by atoms with Gasteiger partial charge in [0.15, 0.2) is 9.84 Å². The van der Waals surface area contributed by atoms with E-state index in [2.05, 4.69) is 15.9 Å². The third-order valence-corrected chi connectivity index (χ3v) is 4.74. The summed E-state index contributed by atoms with van der Waals surface area (Å²) in [7, 11) is -3.22. The number of fused-ring (bicyclic) bond motifs is 1. The van der Waals surface area contributed by atoms with E-state index < -0.39 is 9.84 Å². The molecule has 0 unspecified atom stereocenters. The van der Waals surface area contributed by atoms with Crippen LogP contribution >= 0.6 is 15.9 Å². The topological polar surface area (TPSA) is 54.4 Å². The van der Waals surface area contributed by atoms with Gasteiger partial charge in [0.05, 0.1) is 9.37 Å². The van der Waals surface area contributed by atoms with Gasteiger partial charge in [0, 0.05) is 11.6 Å². The molecule has 0 spiro atoms. The minimum Gasteiger partial charge on any atom is -0.506 e. The molecule has 0 aliphatic carbocycles. The molecule has 2 rings (SSSR count). The summed E-state index contributed by atoms with van der Waals surface area (Å²) in [5.41, 5.74) is 0.862. The highest BCUT2D eigenvalue weighted by Crippen LogP contribution is 2.36. The van der Waals surface area contributed by atoms with E-state index in [1.165, 1.54) is 12.3 Å². The summed E-state index contributed by atoms with van der Waals surface area (Å²) >= 11 is 3.29. The molecular weight excluding hydrogens is 304 g/mol. The fourth-order valence-corrected chi connectivity index (χ4v) is 2.69. The molecule has 0 saturated carbocycles. The number of aromatic hydroxyl groups is 1. The average Bonchev–Trinajstić information content (AvgIpc) is 2.24. The molecule has 0 bridgehead atoms. The van der Waals surface area contributed by atoms with Gasteiger partial charge in [-0.15, -0.1) is 0 Å². The van der Waals surface area contributed by atoms with Gasteiger partial charge in [0.25, 0.3) is 0 Å². The maximum absolute atomic E-state index is 11.4. The van der Waals surface area contributed by atoms with E-state index in [9.17, 15) is 13.5 Å². The van der Waals surface area contributed by atoms with Gasteiger partial charge < -0.3 is 5.11 Å². The zero-order valence-electron chi connectivity index (χ0n) is 9.36. The summed E-state index contributed by atoms with van der Waals surface area (Å²) in [5.74, 6) is 0.139. The number of benzene rings is 2. The highest BCUT2D eigenvalue weighted by atomic mass is 79.9. The first kappa shape index (κ1) is 12.4. The molecule has 0 saturated heterocycles. The largest absolute Gasteiger partial charge is 0.506 e. The minimum absolute atomic E-state index is 0.139. The average molecular weight is 315 g/mol. The third-order valence-electron chi connectivity index (χ3n) is 2.63. The maximum atomic E-state index is 11.4. The van der Waals surface area contributed by atoms with E-state index in [0.29, 0.717) is 15.2 Å². The number of phenols is 1. The highest BCUT2D eigenvalue weighted by Gasteiger charge is 2.12. The van der Waals surface area contributed by atoms with E-state index >= 15 is 0 Å². The highest BCUT2D eigenvalue weighted by molar-refractivity contribution is 9.10. The van der Waals surface area contributed by atoms with Crippen molar-refractivity contribution < 1.29 is 13.5 Å². The van der Waals surface area contributed by atoms with Crippen molar-refractivity contribution >= 4 is 36.5 Å². The smallest absolute Gasteiger partial charge is 0.175 e. The van der Waals surface area contributed by atoms with E-state index in [1.807, 2.05) is 13.0 Å². The molecule has 2 aromatic carbocycles. The van der Waals surface area contributed by atoms with Gasteiger partial charge in [-0.05, 0) is 58.1 Å². The minimum atomic E-state index is -3.22. The van der Waals surface area contributed by atoms with Crippen LogP contribution in [0.15, 0.2) is 33.6 Å². The molecule has 0 aliphatic rings. The number of halogens is 1. The van der Waals surface area contributed by atoms with Crippen molar-refractivity contribution in [1.82, 2.24) is 0 Å². The van der Waals surface area contributed by atoms with Crippen LogP contribution in [0.25, 0.3) is 10.8 Å². The fourth-order valence-electron chi connectivity index (χ4n) is 1.71. The molecule has 3 nitrogen and oxygen atoms in total. The van der Waals surface area contributed by atoms with Crippen LogP contribution in [-0.2, 0) is 9.84 Å². The van der Waals surface area contributed by atoms with Crippen molar-refractivity contribution in [3.63, 3.8) is 0 Å². The summed E-state index contributed by atoms with van der Waals surface area (Å²) in [6, 6.07) is 6.53. The van der Waals surface area contributed by atoms with Gasteiger partial charge in [-0.2, -0.15) is 0 Å². The second kappa shape index (κ2) is 3.99. The number of sulfone groups is 1. The van der Waals surface area contributed by atoms with Crippen molar-refractivity contribution in [2.24, 2.45) is 0 Å². The Balaban J connectivity index is 2.85. The lowest BCUT2D eigenvalue weighted by molar-refractivity contribution is 0.478. The van der Waals surface area contributed by atoms with E-state index in [-0.39, 0.29) is 10.6 Å². The Hall–Kier alpha value is -1.07. The monoisotopic (exact) mass is 314 g/mol. The molecule has 0 amide bonds. The van der Waals surface area contributed by atoms with Crippen molar-refractivity contribution in [3.05, 3.63) is 34.3 Å². The Bertz CT molecular complexity index is 705.